The van der Waals surface area contributed by atoms with Gasteiger partial charge in [-0.3, -0.25) is 0 Å². The molecule has 2 amide bonds. The summed E-state index contributed by atoms with van der Waals surface area (Å²) in [5, 5.41) is 16.4. The lowest BCUT2D eigenvalue weighted by Crippen LogP contribution is -2.44. The van der Waals surface area contributed by atoms with E-state index >= 15 is 0 Å². The standard InChI is InChI=1S/C17H19FN4O3/c18-11-5-6-14(19-17(24)22-7-1-2-12(23)9-22)13(8-11)16-20-15(21-25-16)10-3-4-10/h5-6,8,10,12,23H,1-4,7,9H2,(H,19,24). The zero-order valence-corrected chi connectivity index (χ0v) is 13.6. The Labute approximate surface area is 143 Å². The van der Waals surface area contributed by atoms with Gasteiger partial charge in [0.25, 0.3) is 5.89 Å². The fourth-order valence-electron chi connectivity index (χ4n) is 2.99. The van der Waals surface area contributed by atoms with Crippen LogP contribution in [0, 0.1) is 5.82 Å². The molecule has 7 nitrogen and oxygen atoms in total. The van der Waals surface area contributed by atoms with Crippen LogP contribution in [-0.4, -0.2) is 45.4 Å². The van der Waals surface area contributed by atoms with Crippen molar-refractivity contribution < 1.29 is 18.8 Å². The van der Waals surface area contributed by atoms with Gasteiger partial charge < -0.3 is 19.8 Å². The molecule has 25 heavy (non-hydrogen) atoms. The second-order valence-electron chi connectivity index (χ2n) is 6.59. The first kappa shape index (κ1) is 16.0. The van der Waals surface area contributed by atoms with Crippen LogP contribution in [0.3, 0.4) is 0 Å². The number of nitrogens with zero attached hydrogens (tertiary/aromatic N) is 3. The molecule has 132 valence electrons. The van der Waals surface area contributed by atoms with Crippen molar-refractivity contribution in [3.63, 3.8) is 0 Å². The van der Waals surface area contributed by atoms with E-state index in [0.717, 1.165) is 19.3 Å². The molecule has 2 aromatic rings. The first-order chi connectivity index (χ1) is 12.1. The lowest BCUT2D eigenvalue weighted by atomic mass is 10.1. The maximum atomic E-state index is 13.7. The van der Waals surface area contributed by atoms with Gasteiger partial charge in [0.05, 0.1) is 17.4 Å². The Morgan fingerprint density at radius 1 is 1.36 bits per heavy atom. The number of nitrogens with one attached hydrogen (secondary N) is 1. The van der Waals surface area contributed by atoms with Crippen LogP contribution in [0.25, 0.3) is 11.5 Å². The van der Waals surface area contributed by atoms with E-state index in [-0.39, 0.29) is 18.5 Å². The SMILES string of the molecule is O=C(Nc1ccc(F)cc1-c1nc(C2CC2)no1)N1CCCC(O)C1. The summed E-state index contributed by atoms with van der Waals surface area (Å²) in [5.41, 5.74) is 0.753. The second-order valence-corrected chi connectivity index (χ2v) is 6.59. The first-order valence-electron chi connectivity index (χ1n) is 8.47. The highest BCUT2D eigenvalue weighted by Crippen LogP contribution is 2.39. The predicted octanol–water partition coefficient (Wildman–Crippen LogP) is 2.74. The van der Waals surface area contributed by atoms with E-state index in [0.29, 0.717) is 36.0 Å². The van der Waals surface area contributed by atoms with Crippen LogP contribution in [0.4, 0.5) is 14.9 Å². The van der Waals surface area contributed by atoms with E-state index in [2.05, 4.69) is 15.5 Å². The van der Waals surface area contributed by atoms with Gasteiger partial charge in [0.1, 0.15) is 5.82 Å². The highest BCUT2D eigenvalue weighted by atomic mass is 19.1. The van der Waals surface area contributed by atoms with Gasteiger partial charge in [0.15, 0.2) is 5.82 Å². The number of hydrogen-bond donors (Lipinski definition) is 2. The van der Waals surface area contributed by atoms with Crippen LogP contribution in [0.1, 0.15) is 37.4 Å². The van der Waals surface area contributed by atoms with Crippen molar-refractivity contribution in [3.05, 3.63) is 29.8 Å². The van der Waals surface area contributed by atoms with Crippen LogP contribution in [0.15, 0.2) is 22.7 Å². The van der Waals surface area contributed by atoms with E-state index in [1.807, 2.05) is 0 Å². The van der Waals surface area contributed by atoms with Gasteiger partial charge >= 0.3 is 6.03 Å². The van der Waals surface area contributed by atoms with Crippen LogP contribution in [0.5, 0.6) is 0 Å². The van der Waals surface area contributed by atoms with Crippen LogP contribution >= 0.6 is 0 Å². The lowest BCUT2D eigenvalue weighted by molar-refractivity contribution is 0.0883. The molecule has 2 fully saturated rings. The van der Waals surface area contributed by atoms with E-state index < -0.39 is 11.9 Å². The summed E-state index contributed by atoms with van der Waals surface area (Å²) >= 11 is 0. The summed E-state index contributed by atoms with van der Waals surface area (Å²) in [7, 11) is 0. The molecular formula is C17H19FN4O3. The second kappa shape index (κ2) is 6.44. The van der Waals surface area contributed by atoms with E-state index in [1.54, 1.807) is 4.90 Å². The van der Waals surface area contributed by atoms with Crippen molar-refractivity contribution in [1.29, 1.82) is 0 Å². The minimum Gasteiger partial charge on any atom is -0.391 e. The smallest absolute Gasteiger partial charge is 0.321 e. The fraction of sp³-hybridized carbons (Fsp3) is 0.471. The molecular weight excluding hydrogens is 327 g/mol. The lowest BCUT2D eigenvalue weighted by Gasteiger charge is -2.30. The highest BCUT2D eigenvalue weighted by Gasteiger charge is 2.30. The Balaban J connectivity index is 1.57. The number of carbonyl (C=O) groups excluding carboxylic acids is 1. The van der Waals surface area contributed by atoms with Crippen LogP contribution < -0.4 is 5.32 Å². The first-order valence-corrected chi connectivity index (χ1v) is 8.47. The predicted molar refractivity (Wildman–Crippen MR) is 87.5 cm³/mol. The molecule has 0 radical (unpaired) electrons. The molecule has 4 rings (SSSR count). The fourth-order valence-corrected chi connectivity index (χ4v) is 2.99. The van der Waals surface area contributed by atoms with Crippen molar-refractivity contribution in [3.8, 4) is 11.5 Å². The number of β-amino-alcohol motifs (C(OH)–C–C–N with tert-alkyl or cyclic N) is 1. The Hall–Kier alpha value is -2.48. The third-order valence-corrected chi connectivity index (χ3v) is 4.52. The molecule has 0 spiro atoms. The van der Waals surface area contributed by atoms with Gasteiger partial charge in [-0.1, -0.05) is 5.16 Å². The molecule has 2 aliphatic rings. The Morgan fingerprint density at radius 3 is 2.96 bits per heavy atom. The number of benzene rings is 1. The number of anilines is 1. The number of likely N-dealkylation sites (tertiary alicyclic amines) is 1. The quantitative estimate of drug-likeness (QED) is 0.892. The third kappa shape index (κ3) is 3.48. The summed E-state index contributed by atoms with van der Waals surface area (Å²) in [4.78, 5) is 18.3. The molecule has 1 saturated carbocycles. The van der Waals surface area contributed by atoms with Gasteiger partial charge in [-0.15, -0.1) is 0 Å². The van der Waals surface area contributed by atoms with E-state index in [4.69, 9.17) is 4.52 Å². The highest BCUT2D eigenvalue weighted by molar-refractivity contribution is 5.93. The zero-order valence-electron chi connectivity index (χ0n) is 13.6. The number of hydrogen-bond acceptors (Lipinski definition) is 5. The minimum atomic E-state index is -0.510. The molecule has 2 heterocycles. The van der Waals surface area contributed by atoms with Gasteiger partial charge in [-0.25, -0.2) is 9.18 Å². The normalized spacial score (nSPS) is 20.6. The molecule has 1 unspecified atom stereocenters. The van der Waals surface area contributed by atoms with Crippen molar-refractivity contribution in [2.75, 3.05) is 18.4 Å². The van der Waals surface area contributed by atoms with Crippen molar-refractivity contribution in [2.24, 2.45) is 0 Å². The maximum absolute atomic E-state index is 13.7. The molecule has 8 heteroatoms. The Bertz CT molecular complexity index is 790. The summed E-state index contributed by atoms with van der Waals surface area (Å²) < 4.78 is 19.0. The number of aliphatic hydroxyl groups excluding tert-OH is 1. The van der Waals surface area contributed by atoms with Crippen LogP contribution in [0.2, 0.25) is 0 Å². The summed E-state index contributed by atoms with van der Waals surface area (Å²) in [6, 6.07) is 3.67. The topological polar surface area (TPSA) is 91.5 Å². The van der Waals surface area contributed by atoms with Crippen LogP contribution in [-0.2, 0) is 0 Å². The number of piperidine rings is 1. The van der Waals surface area contributed by atoms with Crippen molar-refractivity contribution in [1.82, 2.24) is 15.0 Å². The van der Waals surface area contributed by atoms with Crippen molar-refractivity contribution >= 4 is 11.7 Å². The number of rotatable bonds is 3. The Kier molecular flexibility index (Phi) is 4.12. The summed E-state index contributed by atoms with van der Waals surface area (Å²) in [5.74, 6) is 0.678. The molecule has 1 atom stereocenters. The summed E-state index contributed by atoms with van der Waals surface area (Å²) in [6.45, 7) is 0.862. The monoisotopic (exact) mass is 346 g/mol. The summed E-state index contributed by atoms with van der Waals surface area (Å²) in [6.07, 6.45) is 2.99. The number of carbonyl (C=O) groups is 1. The molecule has 1 aliphatic carbocycles. The number of halogens is 1. The molecule has 1 aliphatic heterocycles. The number of amides is 2. The number of urea groups is 1. The molecule has 0 bridgehead atoms. The van der Waals surface area contributed by atoms with Gasteiger partial charge in [-0.2, -0.15) is 4.98 Å². The third-order valence-electron chi connectivity index (χ3n) is 4.52. The van der Waals surface area contributed by atoms with E-state index in [9.17, 15) is 14.3 Å². The zero-order chi connectivity index (χ0) is 17.4. The molecule has 1 aromatic carbocycles. The molecule has 2 N–H and O–H groups in total. The number of aliphatic hydroxyl groups is 1. The molecule has 1 saturated heterocycles. The van der Waals surface area contributed by atoms with Gasteiger partial charge in [0, 0.05) is 19.0 Å². The van der Waals surface area contributed by atoms with Gasteiger partial charge in [-0.05, 0) is 43.9 Å². The number of aromatic nitrogens is 2. The largest absolute Gasteiger partial charge is 0.391 e. The average Bonchev–Trinajstić information content (AvgIpc) is 3.34. The molecule has 1 aromatic heterocycles. The Morgan fingerprint density at radius 2 is 2.20 bits per heavy atom. The average molecular weight is 346 g/mol. The van der Waals surface area contributed by atoms with Gasteiger partial charge in [0.2, 0.25) is 0 Å². The maximum Gasteiger partial charge on any atom is 0.321 e. The van der Waals surface area contributed by atoms with E-state index in [1.165, 1.54) is 18.2 Å². The minimum absolute atomic E-state index is 0.190. The van der Waals surface area contributed by atoms with Crippen molar-refractivity contribution in [2.45, 2.75) is 37.7 Å².